The maximum Gasteiger partial charge on any atom is 0.414 e. The first kappa shape index (κ1) is 33.8. The number of hydrogen-bond donors (Lipinski definition) is 2. The third kappa shape index (κ3) is 7.59. The molecule has 2 aliphatic rings. The van der Waals surface area contributed by atoms with Crippen molar-refractivity contribution < 1.29 is 29.0 Å². The Bertz CT molecular complexity index is 1450. The van der Waals surface area contributed by atoms with Crippen molar-refractivity contribution in [2.45, 2.75) is 85.5 Å². The van der Waals surface area contributed by atoms with E-state index in [1.807, 2.05) is 63.4 Å². The summed E-state index contributed by atoms with van der Waals surface area (Å²) in [4.78, 5) is 43.4. The van der Waals surface area contributed by atoms with Crippen molar-refractivity contribution >= 4 is 23.5 Å². The van der Waals surface area contributed by atoms with E-state index in [1.54, 1.807) is 4.90 Å². The standard InChI is InChI=1S/C36H47N3O6/c1-8-10-27-15-30-24(6)39(31-18-33(41)34(44-7)17-29(31)35(42)38(30)20-27)36(43)45-21-26-13-11-25(12-14-26)16-32(40)23(5)37-19-28(9-2)22(3)4/h8,10-14,17-18,20,22-24,28,30,37,41H,9,15-16,19,21H2,1-7H3/b10-8+/t23-,24+,28+,30+/m1/s1. The zero-order valence-corrected chi connectivity index (χ0v) is 27.5. The molecule has 9 heteroatoms. The number of rotatable bonds is 12. The van der Waals surface area contributed by atoms with E-state index in [9.17, 15) is 19.5 Å². The van der Waals surface area contributed by atoms with Gasteiger partial charge in [0.2, 0.25) is 0 Å². The van der Waals surface area contributed by atoms with E-state index in [4.69, 9.17) is 9.47 Å². The first-order chi connectivity index (χ1) is 21.5. The second-order valence-electron chi connectivity index (χ2n) is 12.4. The summed E-state index contributed by atoms with van der Waals surface area (Å²) in [5.41, 5.74) is 3.14. The number of Topliss-reactive ketones (excluding diaryl/α,β-unsaturated/α-hetero) is 1. The van der Waals surface area contributed by atoms with Crippen molar-refractivity contribution in [3.05, 3.63) is 77.0 Å². The third-order valence-electron chi connectivity index (χ3n) is 9.07. The number of fused-ring (bicyclic) bond motifs is 2. The fraction of sp³-hybridized carbons (Fsp3) is 0.472. The van der Waals surface area contributed by atoms with E-state index in [0.29, 0.717) is 24.7 Å². The van der Waals surface area contributed by atoms with Gasteiger partial charge in [-0.1, -0.05) is 63.6 Å². The molecule has 4 rings (SSSR count). The molecule has 0 fully saturated rings. The topological polar surface area (TPSA) is 108 Å². The molecule has 0 saturated heterocycles. The zero-order chi connectivity index (χ0) is 32.8. The van der Waals surface area contributed by atoms with Crippen LogP contribution in [0.3, 0.4) is 0 Å². The molecule has 0 unspecified atom stereocenters. The average Bonchev–Trinajstić information content (AvgIpc) is 3.42. The quantitative estimate of drug-likeness (QED) is 0.284. The molecule has 2 aromatic rings. The summed E-state index contributed by atoms with van der Waals surface area (Å²) in [6, 6.07) is 9.32. The van der Waals surface area contributed by atoms with Crippen LogP contribution in [0.1, 0.15) is 75.9 Å². The van der Waals surface area contributed by atoms with Gasteiger partial charge >= 0.3 is 6.09 Å². The molecular weight excluding hydrogens is 570 g/mol. The van der Waals surface area contributed by atoms with Gasteiger partial charge in [0.1, 0.15) is 6.61 Å². The highest BCUT2D eigenvalue weighted by Gasteiger charge is 2.43. The molecule has 0 bridgehead atoms. The summed E-state index contributed by atoms with van der Waals surface area (Å²) in [5.74, 6) is 0.904. The highest BCUT2D eigenvalue weighted by Crippen LogP contribution is 2.42. The minimum absolute atomic E-state index is 0.00369. The fourth-order valence-electron chi connectivity index (χ4n) is 6.11. The largest absolute Gasteiger partial charge is 0.504 e. The molecule has 2 amide bonds. The highest BCUT2D eigenvalue weighted by atomic mass is 16.6. The summed E-state index contributed by atoms with van der Waals surface area (Å²) in [7, 11) is 1.41. The van der Waals surface area contributed by atoms with Crippen LogP contribution in [-0.2, 0) is 22.6 Å². The maximum absolute atomic E-state index is 13.7. The first-order valence-corrected chi connectivity index (χ1v) is 15.9. The number of amides is 2. The van der Waals surface area contributed by atoms with Gasteiger partial charge in [-0.15, -0.1) is 0 Å². The lowest BCUT2D eigenvalue weighted by Crippen LogP contribution is -2.48. The molecule has 9 nitrogen and oxygen atoms in total. The lowest BCUT2D eigenvalue weighted by atomic mass is 9.93. The van der Waals surface area contributed by atoms with Crippen molar-refractivity contribution in [1.29, 1.82) is 0 Å². The number of benzene rings is 2. The summed E-state index contributed by atoms with van der Waals surface area (Å²) in [5, 5.41) is 14.0. The predicted octanol–water partition coefficient (Wildman–Crippen LogP) is 6.39. The van der Waals surface area contributed by atoms with Gasteiger partial charge in [-0.25, -0.2) is 4.79 Å². The number of ether oxygens (including phenoxy) is 2. The second-order valence-corrected chi connectivity index (χ2v) is 12.4. The number of nitrogens with one attached hydrogen (secondary N) is 1. The number of allylic oxidation sites excluding steroid dienone is 2. The molecule has 0 saturated carbocycles. The Morgan fingerprint density at radius 2 is 1.82 bits per heavy atom. The van der Waals surface area contributed by atoms with Crippen LogP contribution in [-0.4, -0.2) is 59.6 Å². The Morgan fingerprint density at radius 1 is 1.13 bits per heavy atom. The number of aromatic hydroxyl groups is 1. The predicted molar refractivity (Wildman–Crippen MR) is 175 cm³/mol. The van der Waals surface area contributed by atoms with Gasteiger partial charge in [0.05, 0.1) is 36.5 Å². The number of nitrogens with zero attached hydrogens (tertiary/aromatic N) is 2. The van der Waals surface area contributed by atoms with E-state index in [0.717, 1.165) is 29.7 Å². The molecule has 2 N–H and O–H groups in total. The molecule has 45 heavy (non-hydrogen) atoms. The molecule has 0 radical (unpaired) electrons. The lowest BCUT2D eigenvalue weighted by Gasteiger charge is -2.33. The van der Waals surface area contributed by atoms with Gasteiger partial charge in [-0.05, 0) is 68.3 Å². The average molecular weight is 618 g/mol. The fourth-order valence-corrected chi connectivity index (χ4v) is 6.11. The van der Waals surface area contributed by atoms with Crippen LogP contribution in [0.5, 0.6) is 11.5 Å². The maximum atomic E-state index is 13.7. The molecule has 0 spiro atoms. The van der Waals surface area contributed by atoms with Gasteiger partial charge in [0.25, 0.3) is 5.91 Å². The number of anilines is 1. The van der Waals surface area contributed by atoms with Crippen LogP contribution < -0.4 is 15.0 Å². The zero-order valence-electron chi connectivity index (χ0n) is 27.5. The number of ketones is 1. The van der Waals surface area contributed by atoms with Crippen LogP contribution in [0.15, 0.2) is 60.3 Å². The highest BCUT2D eigenvalue weighted by molar-refractivity contribution is 6.06. The number of carbonyl (C=O) groups excluding carboxylic acids is 3. The van der Waals surface area contributed by atoms with Gasteiger partial charge in [0.15, 0.2) is 17.3 Å². The smallest absolute Gasteiger partial charge is 0.414 e. The van der Waals surface area contributed by atoms with Crippen LogP contribution in [0.2, 0.25) is 0 Å². The third-order valence-corrected chi connectivity index (χ3v) is 9.07. The Balaban J connectivity index is 1.46. The summed E-state index contributed by atoms with van der Waals surface area (Å²) >= 11 is 0. The van der Waals surface area contributed by atoms with Gasteiger partial charge in [-0.3, -0.25) is 14.5 Å². The van der Waals surface area contributed by atoms with Crippen molar-refractivity contribution in [3.8, 4) is 11.5 Å². The molecule has 0 aliphatic carbocycles. The monoisotopic (exact) mass is 617 g/mol. The van der Waals surface area contributed by atoms with Crippen LogP contribution in [0.25, 0.3) is 0 Å². The SMILES string of the molecule is C/C=C/C1=CN2C(=O)c3cc(OC)c(O)cc3N(C(=O)OCc3ccc(CC(=O)[C@@H](C)NC[C@H](CC)C(C)C)cc3)[C@@H](C)[C@@H]2C1. The number of hydrogen-bond acceptors (Lipinski definition) is 7. The minimum atomic E-state index is -0.631. The molecule has 4 atom stereocenters. The Kier molecular flexibility index (Phi) is 11.1. The van der Waals surface area contributed by atoms with Crippen molar-refractivity contribution in [2.75, 3.05) is 18.6 Å². The second kappa shape index (κ2) is 14.8. The lowest BCUT2D eigenvalue weighted by molar-refractivity contribution is -0.120. The molecule has 2 aliphatic heterocycles. The number of carbonyl (C=O) groups is 3. The van der Waals surface area contributed by atoms with Crippen LogP contribution >= 0.6 is 0 Å². The number of methoxy groups -OCH3 is 1. The molecule has 242 valence electrons. The van der Waals surface area contributed by atoms with E-state index >= 15 is 0 Å². The molecular formula is C36H47N3O6. The van der Waals surface area contributed by atoms with Crippen molar-refractivity contribution in [3.63, 3.8) is 0 Å². The number of phenols is 1. The molecule has 2 heterocycles. The minimum Gasteiger partial charge on any atom is -0.504 e. The molecule has 2 aromatic carbocycles. The summed E-state index contributed by atoms with van der Waals surface area (Å²) in [6.45, 7) is 13.1. The normalized spacial score (nSPS) is 19.2. The van der Waals surface area contributed by atoms with Gasteiger partial charge in [-0.2, -0.15) is 0 Å². The Morgan fingerprint density at radius 3 is 2.44 bits per heavy atom. The van der Waals surface area contributed by atoms with Crippen LogP contribution in [0.4, 0.5) is 10.5 Å². The van der Waals surface area contributed by atoms with E-state index in [-0.39, 0.29) is 53.1 Å². The Hall–Kier alpha value is -4.11. The van der Waals surface area contributed by atoms with E-state index in [1.165, 1.54) is 24.1 Å². The van der Waals surface area contributed by atoms with E-state index < -0.39 is 12.1 Å². The Labute approximate surface area is 266 Å². The summed E-state index contributed by atoms with van der Waals surface area (Å²) in [6.07, 6.45) is 7.03. The van der Waals surface area contributed by atoms with Gasteiger partial charge < -0.3 is 24.8 Å². The van der Waals surface area contributed by atoms with Crippen molar-refractivity contribution in [2.24, 2.45) is 11.8 Å². The molecule has 0 aromatic heterocycles. The van der Waals surface area contributed by atoms with E-state index in [2.05, 4.69) is 26.1 Å². The first-order valence-electron chi connectivity index (χ1n) is 15.9. The summed E-state index contributed by atoms with van der Waals surface area (Å²) < 4.78 is 11.1. The van der Waals surface area contributed by atoms with Crippen molar-refractivity contribution in [1.82, 2.24) is 10.2 Å². The van der Waals surface area contributed by atoms with Crippen LogP contribution in [0, 0.1) is 11.8 Å². The number of phenolic OH excluding ortho intramolecular Hbond substituents is 1. The van der Waals surface area contributed by atoms with Gasteiger partial charge in [0, 0.05) is 18.7 Å².